The molecular formula is C24H24N4O5S. The Hall–Kier alpha value is -4.05. The first-order valence-electron chi connectivity index (χ1n) is 10.4. The number of carbonyl (C=O) groups excluding carboxylic acids is 2. The summed E-state index contributed by atoms with van der Waals surface area (Å²) in [4.78, 5) is 37.2. The molecule has 0 heterocycles. The molecule has 0 aromatic heterocycles. The molecule has 3 rings (SSSR count). The molecule has 1 atom stereocenters. The van der Waals surface area contributed by atoms with Crippen LogP contribution >= 0.6 is 12.8 Å². The van der Waals surface area contributed by atoms with Crippen LogP contribution < -0.4 is 15.4 Å². The van der Waals surface area contributed by atoms with Gasteiger partial charge in [-0.05, 0) is 43.2 Å². The van der Waals surface area contributed by atoms with Crippen molar-refractivity contribution < 1.29 is 19.2 Å². The van der Waals surface area contributed by atoms with Crippen molar-refractivity contribution in [3.05, 3.63) is 94.0 Å². The van der Waals surface area contributed by atoms with Gasteiger partial charge in [-0.25, -0.2) is 4.79 Å². The van der Waals surface area contributed by atoms with Gasteiger partial charge in [0.15, 0.2) is 0 Å². The van der Waals surface area contributed by atoms with Crippen molar-refractivity contribution in [3.8, 4) is 5.75 Å². The number of amides is 3. The summed E-state index contributed by atoms with van der Waals surface area (Å²) in [5.74, 6) is -0.193. The fraction of sp³-hybridized carbons (Fsp3) is 0.167. The Morgan fingerprint density at radius 2 is 1.71 bits per heavy atom. The van der Waals surface area contributed by atoms with E-state index < -0.39 is 22.9 Å². The average Bonchev–Trinajstić information content (AvgIpc) is 2.82. The lowest BCUT2D eigenvalue weighted by atomic mass is 10.1. The minimum atomic E-state index is -1.12. The molecule has 0 aliphatic rings. The standard InChI is InChI=1S/C24H24N4O5S/c1-3-33-18-13-14-20(21(15-18)28(31)32)26-24(30)27(34)22(17-10-5-4-6-11-17)23(29)25-19-12-8-7-9-16(19)2/h4-15,22,34H,3H2,1-2H3,(H,25,29)(H,26,30). The second-order valence-corrected chi connectivity index (χ2v) is 7.69. The van der Waals surface area contributed by atoms with Crippen LogP contribution in [-0.2, 0) is 4.79 Å². The number of ether oxygens (including phenoxy) is 1. The molecular weight excluding hydrogens is 456 g/mol. The maximum atomic E-state index is 13.2. The molecule has 3 aromatic carbocycles. The van der Waals surface area contributed by atoms with Crippen molar-refractivity contribution in [3.63, 3.8) is 0 Å². The molecule has 0 saturated carbocycles. The van der Waals surface area contributed by atoms with Crippen molar-refractivity contribution in [1.29, 1.82) is 0 Å². The molecule has 0 aliphatic carbocycles. The fourth-order valence-electron chi connectivity index (χ4n) is 3.27. The summed E-state index contributed by atoms with van der Waals surface area (Å²) in [6.07, 6.45) is 0. The lowest BCUT2D eigenvalue weighted by Crippen LogP contribution is -2.38. The average molecular weight is 481 g/mol. The molecule has 0 radical (unpaired) electrons. The van der Waals surface area contributed by atoms with Crippen LogP contribution in [0.5, 0.6) is 5.75 Å². The summed E-state index contributed by atoms with van der Waals surface area (Å²) in [5.41, 5.74) is 1.56. The van der Waals surface area contributed by atoms with E-state index in [2.05, 4.69) is 23.4 Å². The van der Waals surface area contributed by atoms with Crippen LogP contribution in [-0.4, -0.2) is 27.8 Å². The largest absolute Gasteiger partial charge is 0.494 e. The molecule has 0 aliphatic heterocycles. The van der Waals surface area contributed by atoms with Crippen molar-refractivity contribution in [1.82, 2.24) is 4.31 Å². The number of nitro groups is 1. The van der Waals surface area contributed by atoms with Gasteiger partial charge in [0.05, 0.1) is 17.6 Å². The van der Waals surface area contributed by atoms with E-state index in [0.29, 0.717) is 23.6 Å². The van der Waals surface area contributed by atoms with E-state index in [1.54, 1.807) is 49.4 Å². The highest BCUT2D eigenvalue weighted by molar-refractivity contribution is 7.78. The quantitative estimate of drug-likeness (QED) is 0.228. The summed E-state index contributed by atoms with van der Waals surface area (Å²) in [5, 5.41) is 16.8. The number of nitrogens with zero attached hydrogens (tertiary/aromatic N) is 2. The Kier molecular flexibility index (Phi) is 8.10. The third-order valence-electron chi connectivity index (χ3n) is 4.94. The molecule has 34 heavy (non-hydrogen) atoms. The number of rotatable bonds is 8. The van der Waals surface area contributed by atoms with Gasteiger partial charge in [0.2, 0.25) is 0 Å². The lowest BCUT2D eigenvalue weighted by molar-refractivity contribution is -0.384. The topological polar surface area (TPSA) is 114 Å². The summed E-state index contributed by atoms with van der Waals surface area (Å²) in [6, 6.07) is 18.0. The van der Waals surface area contributed by atoms with Gasteiger partial charge in [0.1, 0.15) is 17.5 Å². The SMILES string of the molecule is CCOc1ccc(NC(=O)N(S)C(C(=O)Nc2ccccc2C)c2ccccc2)c([N+](=O)[O-])c1. The van der Waals surface area contributed by atoms with E-state index in [4.69, 9.17) is 4.74 Å². The number of anilines is 2. The summed E-state index contributed by atoms with van der Waals surface area (Å²) >= 11 is 4.30. The molecule has 3 aromatic rings. The van der Waals surface area contributed by atoms with E-state index in [1.807, 2.05) is 19.1 Å². The first-order valence-corrected chi connectivity index (χ1v) is 10.8. The molecule has 0 bridgehead atoms. The van der Waals surface area contributed by atoms with Gasteiger partial charge in [-0.15, -0.1) is 0 Å². The van der Waals surface area contributed by atoms with Gasteiger partial charge in [0, 0.05) is 5.69 Å². The smallest absolute Gasteiger partial charge is 0.332 e. The normalized spacial score (nSPS) is 11.3. The predicted molar refractivity (Wildman–Crippen MR) is 133 cm³/mol. The fourth-order valence-corrected chi connectivity index (χ4v) is 3.56. The Bertz CT molecular complexity index is 1190. The number of thiol groups is 1. The van der Waals surface area contributed by atoms with E-state index >= 15 is 0 Å². The van der Waals surface area contributed by atoms with Crippen molar-refractivity contribution in [2.75, 3.05) is 17.2 Å². The highest BCUT2D eigenvalue weighted by Crippen LogP contribution is 2.31. The number of benzene rings is 3. The number of para-hydroxylation sites is 1. The zero-order chi connectivity index (χ0) is 24.7. The lowest BCUT2D eigenvalue weighted by Gasteiger charge is -2.26. The van der Waals surface area contributed by atoms with Crippen molar-refractivity contribution in [2.24, 2.45) is 0 Å². The second-order valence-electron chi connectivity index (χ2n) is 7.26. The Morgan fingerprint density at radius 3 is 2.35 bits per heavy atom. The van der Waals surface area contributed by atoms with Crippen LogP contribution in [0.3, 0.4) is 0 Å². The van der Waals surface area contributed by atoms with Crippen LogP contribution in [0.2, 0.25) is 0 Å². The molecule has 176 valence electrons. The monoisotopic (exact) mass is 480 g/mol. The van der Waals surface area contributed by atoms with Crippen molar-refractivity contribution >= 4 is 41.8 Å². The van der Waals surface area contributed by atoms with Crippen LogP contribution in [0.15, 0.2) is 72.8 Å². The van der Waals surface area contributed by atoms with Crippen LogP contribution in [0.25, 0.3) is 0 Å². The highest BCUT2D eigenvalue weighted by atomic mass is 32.1. The number of aryl methyl sites for hydroxylation is 1. The van der Waals surface area contributed by atoms with E-state index in [-0.39, 0.29) is 11.4 Å². The molecule has 9 nitrogen and oxygen atoms in total. The minimum absolute atomic E-state index is 0.0522. The predicted octanol–water partition coefficient (Wildman–Crippen LogP) is 5.36. The Morgan fingerprint density at radius 1 is 1.03 bits per heavy atom. The number of nitro benzene ring substituents is 1. The molecule has 0 spiro atoms. The molecule has 0 fully saturated rings. The maximum absolute atomic E-state index is 13.2. The molecule has 0 saturated heterocycles. The number of carbonyl (C=O) groups is 2. The third-order valence-corrected chi connectivity index (χ3v) is 5.35. The summed E-state index contributed by atoms with van der Waals surface area (Å²) in [7, 11) is 0. The van der Waals surface area contributed by atoms with E-state index in [0.717, 1.165) is 9.87 Å². The second kappa shape index (κ2) is 11.2. The number of nitrogens with one attached hydrogen (secondary N) is 2. The third kappa shape index (κ3) is 5.84. The number of hydrogen-bond donors (Lipinski definition) is 3. The zero-order valence-corrected chi connectivity index (χ0v) is 19.5. The van der Waals surface area contributed by atoms with Crippen molar-refractivity contribution in [2.45, 2.75) is 19.9 Å². The molecule has 1 unspecified atom stereocenters. The van der Waals surface area contributed by atoms with Crippen LogP contribution in [0.4, 0.5) is 21.9 Å². The van der Waals surface area contributed by atoms with Gasteiger partial charge in [-0.1, -0.05) is 61.3 Å². The van der Waals surface area contributed by atoms with Gasteiger partial charge in [-0.3, -0.25) is 19.2 Å². The summed E-state index contributed by atoms with van der Waals surface area (Å²) < 4.78 is 6.21. The molecule has 3 amide bonds. The van der Waals surface area contributed by atoms with Gasteiger partial charge >= 0.3 is 6.03 Å². The zero-order valence-electron chi connectivity index (χ0n) is 18.6. The molecule has 2 N–H and O–H groups in total. The van der Waals surface area contributed by atoms with E-state index in [9.17, 15) is 19.7 Å². The minimum Gasteiger partial charge on any atom is -0.494 e. The summed E-state index contributed by atoms with van der Waals surface area (Å²) in [6.45, 7) is 3.94. The van der Waals surface area contributed by atoms with Gasteiger partial charge in [0.25, 0.3) is 11.6 Å². The first kappa shape index (κ1) is 24.6. The van der Waals surface area contributed by atoms with Crippen LogP contribution in [0, 0.1) is 17.0 Å². The first-order chi connectivity index (χ1) is 16.3. The maximum Gasteiger partial charge on any atom is 0.332 e. The Labute approximate surface area is 202 Å². The number of urea groups is 1. The molecule has 10 heteroatoms. The van der Waals surface area contributed by atoms with Gasteiger partial charge in [-0.2, -0.15) is 0 Å². The number of hydrogen-bond acceptors (Lipinski definition) is 6. The highest BCUT2D eigenvalue weighted by Gasteiger charge is 2.31. The van der Waals surface area contributed by atoms with Gasteiger partial charge < -0.3 is 15.4 Å². The van der Waals surface area contributed by atoms with E-state index in [1.165, 1.54) is 18.2 Å². The van der Waals surface area contributed by atoms with Crippen LogP contribution in [0.1, 0.15) is 24.1 Å². The Balaban J connectivity index is 1.89.